The molecule has 1 saturated heterocycles. The molecule has 21 heavy (non-hydrogen) atoms. The number of ether oxygens (including phenoxy) is 2. The molecule has 1 heterocycles. The molecule has 6 nitrogen and oxygen atoms in total. The zero-order valence-electron chi connectivity index (χ0n) is 12.8. The molecule has 0 saturated carbocycles. The van der Waals surface area contributed by atoms with Crippen molar-refractivity contribution in [3.8, 4) is 5.75 Å². The quantitative estimate of drug-likeness (QED) is 0.882. The van der Waals surface area contributed by atoms with Gasteiger partial charge in [-0.1, -0.05) is 6.07 Å². The summed E-state index contributed by atoms with van der Waals surface area (Å²) in [4.78, 5) is 13.5. The van der Waals surface area contributed by atoms with Gasteiger partial charge in [-0.15, -0.1) is 0 Å². The maximum atomic E-state index is 11.3. The third kappa shape index (κ3) is 3.39. The summed E-state index contributed by atoms with van der Waals surface area (Å²) < 4.78 is 10.1. The summed E-state index contributed by atoms with van der Waals surface area (Å²) in [5, 5.41) is 2.84. The third-order valence-electron chi connectivity index (χ3n) is 3.75. The maximum absolute atomic E-state index is 11.3. The zero-order valence-corrected chi connectivity index (χ0v) is 12.8. The van der Waals surface area contributed by atoms with E-state index in [9.17, 15) is 4.79 Å². The smallest absolute Gasteiger partial charge is 0.407 e. The highest BCUT2D eigenvalue weighted by Gasteiger charge is 2.27. The molecule has 1 aromatic rings. The molecule has 1 aliphatic rings. The second-order valence-electron chi connectivity index (χ2n) is 5.25. The molecule has 0 aromatic heterocycles. The van der Waals surface area contributed by atoms with Crippen LogP contribution in [0.1, 0.15) is 24.9 Å². The van der Waals surface area contributed by atoms with Crippen LogP contribution in [0.3, 0.4) is 0 Å². The predicted molar refractivity (Wildman–Crippen MR) is 81.8 cm³/mol. The van der Waals surface area contributed by atoms with Gasteiger partial charge in [-0.05, 0) is 25.5 Å². The van der Waals surface area contributed by atoms with Crippen LogP contribution < -0.4 is 20.7 Å². The SMILES string of the molecule is COC(=O)NC1CCN(c2cccc(OC)c2[C@@H](C)N)C1. The van der Waals surface area contributed by atoms with Gasteiger partial charge in [0.15, 0.2) is 0 Å². The van der Waals surface area contributed by atoms with Gasteiger partial charge in [0.1, 0.15) is 5.75 Å². The largest absolute Gasteiger partial charge is 0.496 e. The van der Waals surface area contributed by atoms with Crippen molar-refractivity contribution < 1.29 is 14.3 Å². The number of hydrogen-bond donors (Lipinski definition) is 2. The van der Waals surface area contributed by atoms with Crippen LogP contribution in [0.2, 0.25) is 0 Å². The molecule has 1 fully saturated rings. The van der Waals surface area contributed by atoms with Gasteiger partial charge in [0.25, 0.3) is 0 Å². The van der Waals surface area contributed by atoms with Crippen molar-refractivity contribution in [2.45, 2.75) is 25.4 Å². The van der Waals surface area contributed by atoms with Crippen molar-refractivity contribution in [3.05, 3.63) is 23.8 Å². The number of methoxy groups -OCH3 is 2. The number of nitrogens with zero attached hydrogens (tertiary/aromatic N) is 1. The number of nitrogens with two attached hydrogens (primary N) is 1. The summed E-state index contributed by atoms with van der Waals surface area (Å²) in [6, 6.07) is 5.89. The monoisotopic (exact) mass is 293 g/mol. The Morgan fingerprint density at radius 2 is 2.24 bits per heavy atom. The molecule has 6 heteroatoms. The first kappa shape index (κ1) is 15.4. The highest BCUT2D eigenvalue weighted by Crippen LogP contribution is 2.35. The topological polar surface area (TPSA) is 76.8 Å². The van der Waals surface area contributed by atoms with Crippen molar-refractivity contribution in [1.82, 2.24) is 5.32 Å². The standard InChI is InChI=1S/C15H23N3O3/c1-10(16)14-12(5-4-6-13(14)20-2)18-8-7-11(9-18)17-15(19)21-3/h4-6,10-11H,7-9,16H2,1-3H3,(H,17,19)/t10-,11?/m1/s1. The number of carbonyl (C=O) groups excluding carboxylic acids is 1. The summed E-state index contributed by atoms with van der Waals surface area (Å²) >= 11 is 0. The number of benzene rings is 1. The first-order valence-corrected chi connectivity index (χ1v) is 7.08. The van der Waals surface area contributed by atoms with Crippen LogP contribution in [0, 0.1) is 0 Å². The van der Waals surface area contributed by atoms with E-state index in [0.29, 0.717) is 0 Å². The molecule has 0 bridgehead atoms. The Labute approximate surface area is 125 Å². The van der Waals surface area contributed by atoms with Crippen LogP contribution in [-0.2, 0) is 4.74 Å². The van der Waals surface area contributed by atoms with E-state index < -0.39 is 0 Å². The molecule has 116 valence electrons. The molecule has 0 spiro atoms. The van der Waals surface area contributed by atoms with E-state index in [1.165, 1.54) is 7.11 Å². The van der Waals surface area contributed by atoms with Gasteiger partial charge >= 0.3 is 6.09 Å². The average molecular weight is 293 g/mol. The summed E-state index contributed by atoms with van der Waals surface area (Å²) in [6.45, 7) is 3.55. The number of carbonyl (C=O) groups is 1. The van der Waals surface area contributed by atoms with Crippen molar-refractivity contribution in [3.63, 3.8) is 0 Å². The van der Waals surface area contributed by atoms with Crippen LogP contribution in [-0.4, -0.2) is 39.4 Å². The molecule has 1 amide bonds. The maximum Gasteiger partial charge on any atom is 0.407 e. The summed E-state index contributed by atoms with van der Waals surface area (Å²) in [5.74, 6) is 0.798. The molecular weight excluding hydrogens is 270 g/mol. The van der Waals surface area contributed by atoms with Gasteiger partial charge in [-0.3, -0.25) is 0 Å². The predicted octanol–water partition coefficient (Wildman–Crippen LogP) is 1.65. The van der Waals surface area contributed by atoms with E-state index in [1.807, 2.05) is 25.1 Å². The normalized spacial score (nSPS) is 19.2. The van der Waals surface area contributed by atoms with Crippen molar-refractivity contribution in [1.29, 1.82) is 0 Å². The van der Waals surface area contributed by atoms with Gasteiger partial charge in [0.05, 0.1) is 20.3 Å². The number of nitrogens with one attached hydrogen (secondary N) is 1. The fraction of sp³-hybridized carbons (Fsp3) is 0.533. The Morgan fingerprint density at radius 3 is 2.86 bits per heavy atom. The van der Waals surface area contributed by atoms with Gasteiger partial charge in [0, 0.05) is 30.4 Å². The van der Waals surface area contributed by atoms with Crippen LogP contribution >= 0.6 is 0 Å². The summed E-state index contributed by atoms with van der Waals surface area (Å²) in [6.07, 6.45) is 0.491. The van der Waals surface area contributed by atoms with E-state index >= 15 is 0 Å². The molecule has 1 aromatic carbocycles. The van der Waals surface area contributed by atoms with E-state index in [-0.39, 0.29) is 18.2 Å². The average Bonchev–Trinajstić information content (AvgIpc) is 2.94. The Bertz CT molecular complexity index is 505. The minimum atomic E-state index is -0.389. The minimum Gasteiger partial charge on any atom is -0.496 e. The second-order valence-corrected chi connectivity index (χ2v) is 5.25. The molecule has 1 aliphatic heterocycles. The van der Waals surface area contributed by atoms with E-state index in [4.69, 9.17) is 10.5 Å². The molecule has 0 aliphatic carbocycles. The van der Waals surface area contributed by atoms with Crippen LogP contribution in [0.5, 0.6) is 5.75 Å². The first-order valence-electron chi connectivity index (χ1n) is 7.08. The molecule has 0 radical (unpaired) electrons. The first-order chi connectivity index (χ1) is 10.1. The van der Waals surface area contributed by atoms with Gasteiger partial charge in [-0.25, -0.2) is 4.79 Å². The number of amides is 1. The molecule has 1 unspecified atom stereocenters. The fourth-order valence-corrected chi connectivity index (χ4v) is 2.77. The van der Waals surface area contributed by atoms with Gasteiger partial charge in [-0.2, -0.15) is 0 Å². The summed E-state index contributed by atoms with van der Waals surface area (Å²) in [5.41, 5.74) is 8.17. The van der Waals surface area contributed by atoms with Crippen molar-refractivity contribution >= 4 is 11.8 Å². The summed E-state index contributed by atoms with van der Waals surface area (Å²) in [7, 11) is 3.02. The third-order valence-corrected chi connectivity index (χ3v) is 3.75. The minimum absolute atomic E-state index is 0.0876. The molecule has 3 N–H and O–H groups in total. The number of alkyl carbamates (subject to hydrolysis) is 1. The van der Waals surface area contributed by atoms with Crippen LogP contribution in [0.25, 0.3) is 0 Å². The lowest BCUT2D eigenvalue weighted by atomic mass is 10.0. The zero-order chi connectivity index (χ0) is 15.4. The number of rotatable bonds is 4. The Balaban J connectivity index is 2.18. The van der Waals surface area contributed by atoms with Crippen LogP contribution in [0.15, 0.2) is 18.2 Å². The molecular formula is C15H23N3O3. The van der Waals surface area contributed by atoms with Crippen molar-refractivity contribution in [2.24, 2.45) is 5.73 Å². The highest BCUT2D eigenvalue weighted by atomic mass is 16.5. The Hall–Kier alpha value is -1.95. The lowest BCUT2D eigenvalue weighted by molar-refractivity contribution is 0.167. The second kappa shape index (κ2) is 6.67. The van der Waals surface area contributed by atoms with Gasteiger partial charge in [0.2, 0.25) is 0 Å². The Kier molecular flexibility index (Phi) is 4.90. The number of hydrogen-bond acceptors (Lipinski definition) is 5. The van der Waals surface area contributed by atoms with E-state index in [1.54, 1.807) is 7.11 Å². The van der Waals surface area contributed by atoms with Crippen LogP contribution in [0.4, 0.5) is 10.5 Å². The molecule has 2 rings (SSSR count). The van der Waals surface area contributed by atoms with Crippen molar-refractivity contribution in [2.75, 3.05) is 32.2 Å². The highest BCUT2D eigenvalue weighted by molar-refractivity contribution is 5.68. The fourth-order valence-electron chi connectivity index (χ4n) is 2.77. The van der Waals surface area contributed by atoms with E-state index in [2.05, 4.69) is 15.0 Å². The van der Waals surface area contributed by atoms with Gasteiger partial charge < -0.3 is 25.4 Å². The lowest BCUT2D eigenvalue weighted by Crippen LogP contribution is -2.37. The Morgan fingerprint density at radius 1 is 1.48 bits per heavy atom. The van der Waals surface area contributed by atoms with E-state index in [0.717, 1.165) is 36.5 Å². The number of anilines is 1. The lowest BCUT2D eigenvalue weighted by Gasteiger charge is -2.25. The molecule has 2 atom stereocenters.